The lowest BCUT2D eigenvalue weighted by atomic mass is 10.2. The van der Waals surface area contributed by atoms with Crippen LogP contribution in [0.4, 0.5) is 17.2 Å². The third-order valence-corrected chi connectivity index (χ3v) is 3.79. The van der Waals surface area contributed by atoms with Gasteiger partial charge in [-0.3, -0.25) is 19.3 Å². The highest BCUT2D eigenvalue weighted by atomic mass is 16.6. The van der Waals surface area contributed by atoms with Gasteiger partial charge in [-0.1, -0.05) is 12.1 Å². The number of benzene rings is 1. The molecule has 0 saturated heterocycles. The van der Waals surface area contributed by atoms with Crippen LogP contribution in [-0.2, 0) is 11.2 Å². The molecular weight excluding hydrogens is 338 g/mol. The quantitative estimate of drug-likeness (QED) is 0.423. The predicted octanol–water partition coefficient (Wildman–Crippen LogP) is 3.90. The number of aromatic nitrogens is 2. The molecule has 9 nitrogen and oxygen atoms in total. The number of aryl methyl sites for hydroxylation is 2. The van der Waals surface area contributed by atoms with Crippen LogP contribution < -0.4 is 0 Å². The lowest BCUT2D eigenvalue weighted by molar-refractivity contribution is -0.384. The van der Waals surface area contributed by atoms with Crippen LogP contribution in [0.1, 0.15) is 16.8 Å². The van der Waals surface area contributed by atoms with Crippen LogP contribution in [0, 0.1) is 24.0 Å². The van der Waals surface area contributed by atoms with Gasteiger partial charge in [0.25, 0.3) is 5.69 Å². The molecule has 0 amide bonds. The smallest absolute Gasteiger partial charge is 0.309 e. The first-order valence-electron chi connectivity index (χ1n) is 7.71. The molecule has 0 bridgehead atoms. The summed E-state index contributed by atoms with van der Waals surface area (Å²) < 4.78 is 1.66. The molecule has 0 aliphatic rings. The number of non-ortho nitro benzene ring substituents is 1. The van der Waals surface area contributed by atoms with E-state index in [0.717, 1.165) is 5.56 Å². The maximum atomic E-state index is 11.1. The van der Waals surface area contributed by atoms with Crippen LogP contribution in [-0.4, -0.2) is 25.4 Å². The molecule has 3 rings (SSSR count). The summed E-state index contributed by atoms with van der Waals surface area (Å²) in [6.45, 7) is 3.65. The largest absolute Gasteiger partial charge is 0.481 e. The van der Waals surface area contributed by atoms with Crippen LogP contribution in [0.5, 0.6) is 0 Å². The molecule has 3 aromatic rings. The molecule has 1 aromatic carbocycles. The first-order valence-corrected chi connectivity index (χ1v) is 7.71. The molecule has 132 valence electrons. The van der Waals surface area contributed by atoms with E-state index in [9.17, 15) is 14.9 Å². The molecule has 0 spiro atoms. The summed E-state index contributed by atoms with van der Waals surface area (Å²) in [7, 11) is 0. The Morgan fingerprint density at radius 3 is 2.73 bits per heavy atom. The zero-order valence-corrected chi connectivity index (χ0v) is 14.1. The third-order valence-electron chi connectivity index (χ3n) is 3.79. The topological polar surface area (TPSA) is 122 Å². The molecule has 0 saturated carbocycles. The van der Waals surface area contributed by atoms with Crippen LogP contribution in [0.15, 0.2) is 46.8 Å². The van der Waals surface area contributed by atoms with Gasteiger partial charge in [-0.2, -0.15) is 0 Å². The minimum atomic E-state index is -1.03. The van der Waals surface area contributed by atoms with Crippen LogP contribution in [0.2, 0.25) is 0 Å². The Labute approximate surface area is 147 Å². The standard InChI is InChI=1S/C17H15N5O4/c1-10-3-6-15-18-14(8-16(23)24)17(21(15)9-10)20-19-13-7-12(22(25)26)5-4-11(13)2/h3-7,9H,8H2,1-2H3,(H,23,24). The fraction of sp³-hybridized carbons (Fsp3) is 0.176. The van der Waals surface area contributed by atoms with Crippen LogP contribution in [0.25, 0.3) is 5.65 Å². The number of azo groups is 1. The molecule has 0 aliphatic heterocycles. The van der Waals surface area contributed by atoms with Crippen LogP contribution >= 0.6 is 0 Å². The predicted molar refractivity (Wildman–Crippen MR) is 93.3 cm³/mol. The summed E-state index contributed by atoms with van der Waals surface area (Å²) in [5, 5.41) is 28.3. The molecule has 0 fully saturated rings. The zero-order chi connectivity index (χ0) is 18.8. The molecule has 0 radical (unpaired) electrons. The number of carbonyl (C=O) groups is 1. The highest BCUT2D eigenvalue weighted by molar-refractivity contribution is 5.72. The molecule has 9 heteroatoms. The van der Waals surface area contributed by atoms with Crippen molar-refractivity contribution in [3.05, 3.63) is 63.5 Å². The van der Waals surface area contributed by atoms with E-state index >= 15 is 0 Å². The molecule has 26 heavy (non-hydrogen) atoms. The summed E-state index contributed by atoms with van der Waals surface area (Å²) in [6.07, 6.45) is 1.48. The summed E-state index contributed by atoms with van der Waals surface area (Å²) >= 11 is 0. The molecule has 0 unspecified atom stereocenters. The van der Waals surface area contributed by atoms with Crippen LogP contribution in [0.3, 0.4) is 0 Å². The highest BCUT2D eigenvalue weighted by Gasteiger charge is 2.15. The van der Waals surface area contributed by atoms with E-state index in [4.69, 9.17) is 5.11 Å². The number of carboxylic acid groups (broad SMARTS) is 1. The Bertz CT molecular complexity index is 1050. The molecule has 1 N–H and O–H groups in total. The van der Waals surface area contributed by atoms with E-state index in [2.05, 4.69) is 15.2 Å². The van der Waals surface area contributed by atoms with E-state index in [-0.39, 0.29) is 23.6 Å². The molecule has 2 heterocycles. The van der Waals surface area contributed by atoms with E-state index in [1.807, 2.05) is 13.0 Å². The lowest BCUT2D eigenvalue weighted by Gasteiger charge is -2.01. The van der Waals surface area contributed by atoms with Crippen molar-refractivity contribution >= 4 is 28.8 Å². The number of fused-ring (bicyclic) bond motifs is 1. The number of hydrogen-bond donors (Lipinski definition) is 1. The SMILES string of the molecule is Cc1ccc2nc(CC(=O)O)c(N=Nc3cc([N+](=O)[O-])ccc3C)n2c1. The number of aliphatic carboxylic acids is 1. The Morgan fingerprint density at radius 1 is 1.27 bits per heavy atom. The second kappa shape index (κ2) is 6.71. The highest BCUT2D eigenvalue weighted by Crippen LogP contribution is 2.29. The van der Waals surface area contributed by atoms with Gasteiger partial charge in [0.1, 0.15) is 5.65 Å². The Kier molecular flexibility index (Phi) is 4.44. The van der Waals surface area contributed by atoms with Gasteiger partial charge in [0.05, 0.1) is 22.7 Å². The number of hydrogen-bond acceptors (Lipinski definition) is 6. The van der Waals surface area contributed by atoms with Gasteiger partial charge in [-0.15, -0.1) is 10.2 Å². The van der Waals surface area contributed by atoms with Gasteiger partial charge >= 0.3 is 5.97 Å². The number of nitro groups is 1. The first-order chi connectivity index (χ1) is 12.3. The lowest BCUT2D eigenvalue weighted by Crippen LogP contribution is -2.00. The van der Waals surface area contributed by atoms with Crippen molar-refractivity contribution in [2.75, 3.05) is 0 Å². The number of nitrogens with zero attached hydrogens (tertiary/aromatic N) is 5. The van der Waals surface area contributed by atoms with E-state index in [0.29, 0.717) is 16.9 Å². The molecular formula is C17H15N5O4. The van der Waals surface area contributed by atoms with Gasteiger partial charge in [-0.25, -0.2) is 4.98 Å². The van der Waals surface area contributed by atoms with Crippen molar-refractivity contribution in [2.45, 2.75) is 20.3 Å². The van der Waals surface area contributed by atoms with Crippen molar-refractivity contribution in [3.63, 3.8) is 0 Å². The second-order valence-electron chi connectivity index (χ2n) is 5.82. The Balaban J connectivity index is 2.11. The fourth-order valence-corrected chi connectivity index (χ4v) is 2.48. The minimum Gasteiger partial charge on any atom is -0.481 e. The number of imidazole rings is 1. The first kappa shape index (κ1) is 17.2. The summed E-state index contributed by atoms with van der Waals surface area (Å²) in [6, 6.07) is 7.92. The number of nitro benzene ring substituents is 1. The molecule has 0 aliphatic carbocycles. The average molecular weight is 353 g/mol. The van der Waals surface area contributed by atoms with E-state index in [1.165, 1.54) is 12.1 Å². The fourth-order valence-electron chi connectivity index (χ4n) is 2.48. The van der Waals surface area contributed by atoms with Gasteiger partial charge in [0.15, 0.2) is 5.82 Å². The van der Waals surface area contributed by atoms with Crippen molar-refractivity contribution in [3.8, 4) is 0 Å². The normalized spacial score (nSPS) is 11.3. The monoisotopic (exact) mass is 353 g/mol. The average Bonchev–Trinajstić information content (AvgIpc) is 2.89. The number of carboxylic acids is 1. The van der Waals surface area contributed by atoms with Crippen molar-refractivity contribution in [1.29, 1.82) is 0 Å². The summed E-state index contributed by atoms with van der Waals surface area (Å²) in [5.41, 5.74) is 2.72. The molecule has 2 aromatic heterocycles. The van der Waals surface area contributed by atoms with Gasteiger partial charge < -0.3 is 5.11 Å². The van der Waals surface area contributed by atoms with E-state index < -0.39 is 10.9 Å². The van der Waals surface area contributed by atoms with Crippen molar-refractivity contribution in [2.24, 2.45) is 10.2 Å². The zero-order valence-electron chi connectivity index (χ0n) is 14.1. The maximum Gasteiger partial charge on any atom is 0.309 e. The van der Waals surface area contributed by atoms with Gasteiger partial charge in [0.2, 0.25) is 0 Å². The Morgan fingerprint density at radius 2 is 2.04 bits per heavy atom. The number of pyridine rings is 1. The summed E-state index contributed by atoms with van der Waals surface area (Å²) in [4.78, 5) is 25.8. The number of rotatable bonds is 5. The third kappa shape index (κ3) is 3.41. The summed E-state index contributed by atoms with van der Waals surface area (Å²) in [5.74, 6) is -0.745. The second-order valence-corrected chi connectivity index (χ2v) is 5.82. The van der Waals surface area contributed by atoms with Crippen molar-refractivity contribution < 1.29 is 14.8 Å². The van der Waals surface area contributed by atoms with Gasteiger partial charge in [0, 0.05) is 18.3 Å². The van der Waals surface area contributed by atoms with Gasteiger partial charge in [-0.05, 0) is 31.0 Å². The van der Waals surface area contributed by atoms with E-state index in [1.54, 1.807) is 29.7 Å². The maximum absolute atomic E-state index is 11.1. The Hall–Kier alpha value is -3.62. The molecule has 0 atom stereocenters. The minimum absolute atomic E-state index is 0.0932. The van der Waals surface area contributed by atoms with Crippen molar-refractivity contribution in [1.82, 2.24) is 9.38 Å².